The molecule has 92 valence electrons. The molecule has 0 bridgehead atoms. The van der Waals surface area contributed by atoms with Crippen molar-refractivity contribution >= 4 is 23.2 Å². The van der Waals surface area contributed by atoms with Crippen molar-refractivity contribution in [3.63, 3.8) is 0 Å². The lowest BCUT2D eigenvalue weighted by Crippen LogP contribution is -2.22. The third kappa shape index (κ3) is 5.02. The molecule has 0 unspecified atom stereocenters. The van der Waals surface area contributed by atoms with Crippen molar-refractivity contribution in [2.24, 2.45) is 0 Å². The molecule has 1 aromatic carbocycles. The summed E-state index contributed by atoms with van der Waals surface area (Å²) in [6, 6.07) is 5.40. The molecule has 0 saturated heterocycles. The summed E-state index contributed by atoms with van der Waals surface area (Å²) in [4.78, 5) is 11.6. The number of hydrogen-bond acceptors (Lipinski definition) is 2. The van der Waals surface area contributed by atoms with Crippen molar-refractivity contribution in [2.45, 2.75) is 13.3 Å². The number of rotatable bonds is 6. The summed E-state index contributed by atoms with van der Waals surface area (Å²) in [7, 11) is 0. The Morgan fingerprint density at radius 3 is 2.94 bits per heavy atom. The summed E-state index contributed by atoms with van der Waals surface area (Å²) < 4.78 is 0. The van der Waals surface area contributed by atoms with Gasteiger partial charge in [-0.05, 0) is 30.7 Å². The van der Waals surface area contributed by atoms with Crippen LogP contribution in [0.15, 0.2) is 30.9 Å². The van der Waals surface area contributed by atoms with Crippen LogP contribution in [0.1, 0.15) is 12.0 Å². The molecule has 0 aromatic heterocycles. The minimum absolute atomic E-state index is 0.00742. The zero-order chi connectivity index (χ0) is 12.7. The second kappa shape index (κ2) is 7.09. The van der Waals surface area contributed by atoms with E-state index in [2.05, 4.69) is 17.2 Å². The number of aryl methyl sites for hydroxylation is 1. The SMILES string of the molecule is C=CCNCCC(=O)Nc1ccc(Cl)cc1C. The molecule has 0 heterocycles. The molecule has 1 aromatic rings. The fourth-order valence-corrected chi connectivity index (χ4v) is 1.61. The highest BCUT2D eigenvalue weighted by atomic mass is 35.5. The largest absolute Gasteiger partial charge is 0.326 e. The highest BCUT2D eigenvalue weighted by molar-refractivity contribution is 6.30. The molecule has 17 heavy (non-hydrogen) atoms. The van der Waals surface area contributed by atoms with Gasteiger partial charge in [0.1, 0.15) is 0 Å². The van der Waals surface area contributed by atoms with Gasteiger partial charge >= 0.3 is 0 Å². The lowest BCUT2D eigenvalue weighted by Gasteiger charge is -2.08. The van der Waals surface area contributed by atoms with Gasteiger partial charge in [-0.25, -0.2) is 0 Å². The molecule has 0 fully saturated rings. The van der Waals surface area contributed by atoms with Crippen molar-refractivity contribution in [2.75, 3.05) is 18.4 Å². The molecular weight excluding hydrogens is 236 g/mol. The summed E-state index contributed by atoms with van der Waals surface area (Å²) >= 11 is 5.84. The minimum atomic E-state index is -0.00742. The van der Waals surface area contributed by atoms with E-state index in [-0.39, 0.29) is 5.91 Å². The van der Waals surface area contributed by atoms with Crippen LogP contribution in [0.25, 0.3) is 0 Å². The topological polar surface area (TPSA) is 41.1 Å². The Morgan fingerprint density at radius 2 is 2.29 bits per heavy atom. The van der Waals surface area contributed by atoms with Crippen LogP contribution in [0.3, 0.4) is 0 Å². The fourth-order valence-electron chi connectivity index (χ4n) is 1.39. The number of benzene rings is 1. The van der Waals surface area contributed by atoms with Crippen molar-refractivity contribution in [1.82, 2.24) is 5.32 Å². The molecule has 2 N–H and O–H groups in total. The summed E-state index contributed by atoms with van der Waals surface area (Å²) in [6.45, 7) is 6.86. The first-order chi connectivity index (χ1) is 8.13. The van der Waals surface area contributed by atoms with Crippen LogP contribution in [0.5, 0.6) is 0 Å². The zero-order valence-corrected chi connectivity index (χ0v) is 10.7. The maximum Gasteiger partial charge on any atom is 0.225 e. The van der Waals surface area contributed by atoms with Crippen LogP contribution in [0.4, 0.5) is 5.69 Å². The Labute approximate surface area is 107 Å². The molecular formula is C13H17ClN2O. The lowest BCUT2D eigenvalue weighted by atomic mass is 10.2. The predicted molar refractivity (Wildman–Crippen MR) is 72.5 cm³/mol. The van der Waals surface area contributed by atoms with Crippen LogP contribution in [0.2, 0.25) is 5.02 Å². The highest BCUT2D eigenvalue weighted by Gasteiger charge is 2.04. The summed E-state index contributed by atoms with van der Waals surface area (Å²) in [5.41, 5.74) is 1.77. The van der Waals surface area contributed by atoms with E-state index in [1.54, 1.807) is 12.1 Å². The third-order valence-electron chi connectivity index (χ3n) is 2.28. The van der Waals surface area contributed by atoms with Gasteiger partial charge in [0.15, 0.2) is 0 Å². The van der Waals surface area contributed by atoms with E-state index in [1.165, 1.54) is 0 Å². The van der Waals surface area contributed by atoms with Crippen molar-refractivity contribution < 1.29 is 4.79 Å². The molecule has 0 aliphatic heterocycles. The van der Waals surface area contributed by atoms with Gasteiger partial charge in [-0.2, -0.15) is 0 Å². The summed E-state index contributed by atoms with van der Waals surface area (Å²) in [5.74, 6) is -0.00742. The number of carbonyl (C=O) groups is 1. The number of carbonyl (C=O) groups excluding carboxylic acids is 1. The van der Waals surface area contributed by atoms with Gasteiger partial charge in [0.25, 0.3) is 0 Å². The van der Waals surface area contributed by atoms with E-state index in [9.17, 15) is 4.79 Å². The Bertz CT molecular complexity index is 404. The average molecular weight is 253 g/mol. The van der Waals surface area contributed by atoms with E-state index in [1.807, 2.05) is 19.1 Å². The summed E-state index contributed by atoms with van der Waals surface area (Å²) in [5, 5.41) is 6.60. The summed E-state index contributed by atoms with van der Waals surface area (Å²) in [6.07, 6.45) is 2.21. The van der Waals surface area contributed by atoms with Gasteiger partial charge in [-0.1, -0.05) is 17.7 Å². The predicted octanol–water partition coefficient (Wildman–Crippen LogP) is 2.75. The number of halogens is 1. The molecule has 0 saturated carbocycles. The number of amides is 1. The first kappa shape index (κ1) is 13.7. The molecule has 0 spiro atoms. The fraction of sp³-hybridized carbons (Fsp3) is 0.308. The van der Waals surface area contributed by atoms with Crippen LogP contribution in [-0.2, 0) is 4.79 Å². The van der Waals surface area contributed by atoms with Crippen LogP contribution in [-0.4, -0.2) is 19.0 Å². The van der Waals surface area contributed by atoms with Gasteiger partial charge in [0.05, 0.1) is 0 Å². The molecule has 1 rings (SSSR count). The smallest absolute Gasteiger partial charge is 0.225 e. The minimum Gasteiger partial charge on any atom is -0.326 e. The van der Waals surface area contributed by atoms with Gasteiger partial charge in [0.2, 0.25) is 5.91 Å². The van der Waals surface area contributed by atoms with Crippen molar-refractivity contribution in [3.8, 4) is 0 Å². The van der Waals surface area contributed by atoms with Gasteiger partial charge < -0.3 is 10.6 Å². The molecule has 0 aliphatic carbocycles. The Hall–Kier alpha value is -1.32. The molecule has 4 heteroatoms. The highest BCUT2D eigenvalue weighted by Crippen LogP contribution is 2.19. The quantitative estimate of drug-likeness (QED) is 0.604. The van der Waals surface area contributed by atoms with E-state index in [4.69, 9.17) is 11.6 Å². The van der Waals surface area contributed by atoms with Crippen LogP contribution >= 0.6 is 11.6 Å². The first-order valence-corrected chi connectivity index (χ1v) is 5.89. The van der Waals surface area contributed by atoms with Gasteiger partial charge in [-0.3, -0.25) is 4.79 Å². The number of nitrogens with one attached hydrogen (secondary N) is 2. The van der Waals surface area contributed by atoms with Gasteiger partial charge in [0, 0.05) is 30.2 Å². The van der Waals surface area contributed by atoms with Crippen molar-refractivity contribution in [1.29, 1.82) is 0 Å². The van der Waals surface area contributed by atoms with E-state index >= 15 is 0 Å². The van der Waals surface area contributed by atoms with Crippen LogP contribution < -0.4 is 10.6 Å². The molecule has 0 radical (unpaired) electrons. The van der Waals surface area contributed by atoms with E-state index in [0.29, 0.717) is 24.5 Å². The van der Waals surface area contributed by atoms with E-state index < -0.39 is 0 Å². The van der Waals surface area contributed by atoms with Crippen LogP contribution in [0, 0.1) is 6.92 Å². The zero-order valence-electron chi connectivity index (χ0n) is 9.92. The molecule has 0 atom stereocenters. The Kier molecular flexibility index (Phi) is 5.73. The molecule has 3 nitrogen and oxygen atoms in total. The second-order valence-electron chi connectivity index (χ2n) is 3.75. The van der Waals surface area contributed by atoms with Gasteiger partial charge in [-0.15, -0.1) is 6.58 Å². The maximum atomic E-state index is 11.6. The normalized spacial score (nSPS) is 10.0. The number of hydrogen-bond donors (Lipinski definition) is 2. The lowest BCUT2D eigenvalue weighted by molar-refractivity contribution is -0.116. The standard InChI is InChI=1S/C13H17ClN2O/c1-3-7-15-8-6-13(17)16-12-5-4-11(14)9-10(12)2/h3-5,9,15H,1,6-8H2,2H3,(H,16,17). The second-order valence-corrected chi connectivity index (χ2v) is 4.19. The average Bonchev–Trinajstić information content (AvgIpc) is 2.28. The first-order valence-electron chi connectivity index (χ1n) is 5.51. The monoisotopic (exact) mass is 252 g/mol. The third-order valence-corrected chi connectivity index (χ3v) is 2.52. The maximum absolute atomic E-state index is 11.6. The number of anilines is 1. The Morgan fingerprint density at radius 1 is 1.53 bits per heavy atom. The molecule has 1 amide bonds. The Balaban J connectivity index is 2.42. The van der Waals surface area contributed by atoms with E-state index in [0.717, 1.165) is 11.3 Å². The van der Waals surface area contributed by atoms with Crippen molar-refractivity contribution in [3.05, 3.63) is 41.4 Å². The molecule has 0 aliphatic rings.